The molecule has 1 N–H and O–H groups in total. The van der Waals surface area contributed by atoms with Crippen LogP contribution >= 0.6 is 11.8 Å². The number of rotatable bonds is 5. The number of nitrogens with one attached hydrogen (secondary N) is 1. The second-order valence-corrected chi connectivity index (χ2v) is 9.21. The first-order valence-corrected chi connectivity index (χ1v) is 11.3. The van der Waals surface area contributed by atoms with Gasteiger partial charge in [0.15, 0.2) is 0 Å². The van der Waals surface area contributed by atoms with Crippen LogP contribution in [0.2, 0.25) is 0 Å². The fourth-order valence-electron chi connectivity index (χ4n) is 3.82. The first kappa shape index (κ1) is 21.1. The number of fused-ring (bicyclic) bond motifs is 1. The number of carbonyl (C=O) groups is 1. The van der Waals surface area contributed by atoms with Gasteiger partial charge in [0.2, 0.25) is 5.91 Å². The maximum atomic E-state index is 12.6. The lowest BCUT2D eigenvalue weighted by molar-refractivity contribution is -0.115. The first-order valence-electron chi connectivity index (χ1n) is 10.4. The second-order valence-electron chi connectivity index (χ2n) is 7.88. The smallest absolute Gasteiger partial charge is 0.238 e. The van der Waals surface area contributed by atoms with Crippen LogP contribution < -0.4 is 5.32 Å². The van der Waals surface area contributed by atoms with E-state index < -0.39 is 5.25 Å². The molecule has 2 aromatic heterocycles. The molecule has 0 bridgehead atoms. The minimum absolute atomic E-state index is 0.158. The lowest BCUT2D eigenvalue weighted by Crippen LogP contribution is -2.23. The van der Waals surface area contributed by atoms with Gasteiger partial charge in [0.25, 0.3) is 0 Å². The standard InChI is InChI=1S/C25H24N4OS/c1-16-8-11-23(27-15-16)29-24(30)17(2)31-25-21(14-26)13-20-12-19(9-10-22(20)28-25)18-6-4-3-5-7-18/h3-8,11,13,15,17,19H,9-10,12H2,1-2H3,(H,27,29,30). The molecule has 0 saturated heterocycles. The summed E-state index contributed by atoms with van der Waals surface area (Å²) in [4.78, 5) is 21.6. The Kier molecular flexibility index (Phi) is 6.34. The SMILES string of the molecule is Cc1ccc(NC(=O)C(C)Sc2nc3c(cc2C#N)CC(c2ccccc2)CC3)nc1. The number of thioether (sulfide) groups is 1. The van der Waals surface area contributed by atoms with Crippen molar-refractivity contribution in [2.75, 3.05) is 5.32 Å². The molecule has 4 rings (SSSR count). The van der Waals surface area contributed by atoms with Crippen LogP contribution in [0, 0.1) is 18.3 Å². The Bertz CT molecular complexity index is 1120. The van der Waals surface area contributed by atoms with Crippen molar-refractivity contribution < 1.29 is 4.79 Å². The van der Waals surface area contributed by atoms with Gasteiger partial charge in [-0.3, -0.25) is 4.79 Å². The van der Waals surface area contributed by atoms with Crippen LogP contribution in [-0.4, -0.2) is 21.1 Å². The van der Waals surface area contributed by atoms with E-state index in [1.807, 2.05) is 32.0 Å². The Hall–Kier alpha value is -3.17. The van der Waals surface area contributed by atoms with Gasteiger partial charge in [-0.1, -0.05) is 48.2 Å². The molecule has 2 heterocycles. The molecule has 31 heavy (non-hydrogen) atoms. The van der Waals surface area contributed by atoms with E-state index in [1.54, 1.807) is 12.3 Å². The number of nitriles is 1. The summed E-state index contributed by atoms with van der Waals surface area (Å²) in [5.74, 6) is 0.815. The molecule has 6 heteroatoms. The van der Waals surface area contributed by atoms with E-state index in [9.17, 15) is 10.1 Å². The number of amides is 1. The maximum absolute atomic E-state index is 12.6. The van der Waals surface area contributed by atoms with Crippen molar-refractivity contribution in [2.24, 2.45) is 0 Å². The van der Waals surface area contributed by atoms with Gasteiger partial charge in [-0.05, 0) is 67.9 Å². The highest BCUT2D eigenvalue weighted by Crippen LogP contribution is 2.35. The van der Waals surface area contributed by atoms with Crippen LogP contribution in [0.5, 0.6) is 0 Å². The van der Waals surface area contributed by atoms with Gasteiger partial charge in [-0.25, -0.2) is 9.97 Å². The number of hydrogen-bond donors (Lipinski definition) is 1. The van der Waals surface area contributed by atoms with Crippen LogP contribution in [0.4, 0.5) is 5.82 Å². The molecule has 0 radical (unpaired) electrons. The molecular weight excluding hydrogens is 404 g/mol. The van der Waals surface area contributed by atoms with E-state index in [2.05, 4.69) is 40.6 Å². The summed E-state index contributed by atoms with van der Waals surface area (Å²) in [6.45, 7) is 3.77. The van der Waals surface area contributed by atoms with Gasteiger partial charge in [0.05, 0.1) is 10.8 Å². The number of benzene rings is 1. The third-order valence-electron chi connectivity index (χ3n) is 5.56. The van der Waals surface area contributed by atoms with Crippen LogP contribution in [-0.2, 0) is 17.6 Å². The van der Waals surface area contributed by atoms with Crippen LogP contribution in [0.1, 0.15) is 47.2 Å². The number of hydrogen-bond acceptors (Lipinski definition) is 5. The topological polar surface area (TPSA) is 78.7 Å². The van der Waals surface area contributed by atoms with Gasteiger partial charge in [-0.2, -0.15) is 5.26 Å². The molecule has 5 nitrogen and oxygen atoms in total. The molecule has 1 aliphatic rings. The quantitative estimate of drug-likeness (QED) is 0.576. The Labute approximate surface area is 186 Å². The van der Waals surface area contributed by atoms with E-state index in [4.69, 9.17) is 4.98 Å². The highest BCUT2D eigenvalue weighted by atomic mass is 32.2. The zero-order valence-corrected chi connectivity index (χ0v) is 18.4. The van der Waals surface area contributed by atoms with Gasteiger partial charge in [0, 0.05) is 11.9 Å². The molecule has 2 atom stereocenters. The number of aromatic nitrogens is 2. The average Bonchev–Trinajstić information content (AvgIpc) is 2.80. The summed E-state index contributed by atoms with van der Waals surface area (Å²) in [5, 5.41) is 12.8. The Morgan fingerprint density at radius 2 is 2.06 bits per heavy atom. The maximum Gasteiger partial charge on any atom is 0.238 e. The van der Waals surface area contributed by atoms with E-state index in [0.29, 0.717) is 22.3 Å². The van der Waals surface area contributed by atoms with Crippen LogP contribution in [0.25, 0.3) is 0 Å². The zero-order valence-electron chi connectivity index (χ0n) is 17.6. The molecule has 1 aromatic carbocycles. The van der Waals surface area contributed by atoms with Crippen LogP contribution in [0.15, 0.2) is 59.8 Å². The number of nitrogens with zero attached hydrogens (tertiary/aromatic N) is 3. The average molecular weight is 429 g/mol. The van der Waals surface area contributed by atoms with Crippen molar-refractivity contribution in [3.8, 4) is 6.07 Å². The summed E-state index contributed by atoms with van der Waals surface area (Å²) < 4.78 is 0. The minimum atomic E-state index is -0.401. The normalized spacial score (nSPS) is 16.1. The summed E-state index contributed by atoms with van der Waals surface area (Å²) in [5.41, 5.74) is 5.08. The molecule has 0 spiro atoms. The van der Waals surface area contributed by atoms with Gasteiger partial charge in [0.1, 0.15) is 16.9 Å². The highest BCUT2D eigenvalue weighted by Gasteiger charge is 2.25. The number of pyridine rings is 2. The summed E-state index contributed by atoms with van der Waals surface area (Å²) >= 11 is 1.32. The molecule has 2 unspecified atom stereocenters. The molecule has 1 aliphatic carbocycles. The third-order valence-corrected chi connectivity index (χ3v) is 6.67. The molecule has 3 aromatic rings. The number of carbonyl (C=O) groups excluding carboxylic acids is 1. The highest BCUT2D eigenvalue weighted by molar-refractivity contribution is 8.00. The van der Waals surface area contributed by atoms with Crippen molar-refractivity contribution in [1.82, 2.24) is 9.97 Å². The molecule has 1 amide bonds. The number of anilines is 1. The van der Waals surface area contributed by atoms with E-state index >= 15 is 0 Å². The van der Waals surface area contributed by atoms with E-state index in [0.717, 1.165) is 36.1 Å². The Balaban J connectivity index is 1.48. The molecule has 156 valence electrons. The fourth-order valence-corrected chi connectivity index (χ4v) is 4.71. The zero-order chi connectivity index (χ0) is 21.8. The lowest BCUT2D eigenvalue weighted by Gasteiger charge is -2.25. The molecule has 0 saturated carbocycles. The lowest BCUT2D eigenvalue weighted by atomic mass is 9.82. The van der Waals surface area contributed by atoms with Gasteiger partial charge >= 0.3 is 0 Å². The fraction of sp³-hybridized carbons (Fsp3) is 0.280. The number of aryl methyl sites for hydroxylation is 2. The Morgan fingerprint density at radius 3 is 2.77 bits per heavy atom. The van der Waals surface area contributed by atoms with Crippen molar-refractivity contribution in [3.63, 3.8) is 0 Å². The van der Waals surface area contributed by atoms with Gasteiger partial charge in [-0.15, -0.1) is 0 Å². The Morgan fingerprint density at radius 1 is 1.26 bits per heavy atom. The molecular formula is C25H24N4OS. The van der Waals surface area contributed by atoms with Crippen LogP contribution in [0.3, 0.4) is 0 Å². The van der Waals surface area contributed by atoms with Crippen molar-refractivity contribution in [1.29, 1.82) is 5.26 Å². The predicted octanol–water partition coefficient (Wildman–Crippen LogP) is 5.05. The largest absolute Gasteiger partial charge is 0.310 e. The summed E-state index contributed by atoms with van der Waals surface area (Å²) in [6, 6.07) is 18.4. The van der Waals surface area contributed by atoms with Crippen molar-refractivity contribution >= 4 is 23.5 Å². The van der Waals surface area contributed by atoms with E-state index in [1.165, 1.54) is 17.3 Å². The minimum Gasteiger partial charge on any atom is -0.310 e. The monoisotopic (exact) mass is 428 g/mol. The second kappa shape index (κ2) is 9.32. The summed E-state index contributed by atoms with van der Waals surface area (Å²) in [6.07, 6.45) is 4.52. The first-order chi connectivity index (χ1) is 15.0. The van der Waals surface area contributed by atoms with E-state index in [-0.39, 0.29) is 5.91 Å². The van der Waals surface area contributed by atoms with Crippen molar-refractivity contribution in [2.45, 2.75) is 49.3 Å². The summed E-state index contributed by atoms with van der Waals surface area (Å²) in [7, 11) is 0. The third kappa shape index (κ3) is 4.95. The molecule has 0 aliphatic heterocycles. The van der Waals surface area contributed by atoms with Crippen molar-refractivity contribution in [3.05, 3.63) is 82.7 Å². The predicted molar refractivity (Wildman–Crippen MR) is 123 cm³/mol. The molecule has 0 fully saturated rings. The van der Waals surface area contributed by atoms with Gasteiger partial charge < -0.3 is 5.32 Å².